The highest BCUT2D eigenvalue weighted by Gasteiger charge is 2.29. The van der Waals surface area contributed by atoms with Gasteiger partial charge in [-0.3, -0.25) is 14.5 Å². The van der Waals surface area contributed by atoms with Crippen LogP contribution >= 0.6 is 0 Å². The van der Waals surface area contributed by atoms with Crippen LogP contribution in [0.15, 0.2) is 103 Å². The summed E-state index contributed by atoms with van der Waals surface area (Å²) in [5.74, 6) is -0.774. The first-order chi connectivity index (χ1) is 20.3. The van der Waals surface area contributed by atoms with Crippen molar-refractivity contribution in [2.75, 3.05) is 43.3 Å². The zero-order valence-corrected chi connectivity index (χ0v) is 23.8. The summed E-state index contributed by atoms with van der Waals surface area (Å²) in [5, 5.41) is 6.30. The van der Waals surface area contributed by atoms with Crippen LogP contribution in [0, 0.1) is 0 Å². The molecular formula is C34H32N4O4. The van der Waals surface area contributed by atoms with Crippen LogP contribution < -0.4 is 15.5 Å². The molecule has 0 aromatic heterocycles. The van der Waals surface area contributed by atoms with Gasteiger partial charge in [0.05, 0.1) is 36.2 Å². The molecule has 0 saturated heterocycles. The maximum Gasteiger partial charge on any atom is 0.337 e. The number of ether oxygens (including phenoxy) is 1. The van der Waals surface area contributed by atoms with Gasteiger partial charge in [0.1, 0.15) is 0 Å². The smallest absolute Gasteiger partial charge is 0.337 e. The number of hydrogen-bond acceptors (Lipinski definition) is 6. The van der Waals surface area contributed by atoms with Gasteiger partial charge in [0, 0.05) is 30.5 Å². The largest absolute Gasteiger partial charge is 0.465 e. The molecule has 0 spiro atoms. The minimum Gasteiger partial charge on any atom is -0.465 e. The van der Waals surface area contributed by atoms with Gasteiger partial charge in [0.15, 0.2) is 0 Å². The molecule has 1 heterocycles. The third kappa shape index (κ3) is 6.24. The molecule has 0 bridgehead atoms. The Balaban J connectivity index is 1.37. The fraction of sp³-hybridized carbons (Fsp3) is 0.147. The summed E-state index contributed by atoms with van der Waals surface area (Å²) in [6, 6.07) is 32.1. The number of methoxy groups -OCH3 is 1. The molecule has 212 valence electrons. The van der Waals surface area contributed by atoms with Crippen molar-refractivity contribution in [1.29, 1.82) is 0 Å². The van der Waals surface area contributed by atoms with Crippen LogP contribution in [0.2, 0.25) is 0 Å². The second-order valence-corrected chi connectivity index (χ2v) is 10.1. The van der Waals surface area contributed by atoms with E-state index in [0.717, 1.165) is 22.5 Å². The van der Waals surface area contributed by atoms with Crippen molar-refractivity contribution >= 4 is 46.1 Å². The van der Waals surface area contributed by atoms with Crippen molar-refractivity contribution in [3.8, 4) is 0 Å². The normalized spacial score (nSPS) is 13.3. The van der Waals surface area contributed by atoms with Crippen LogP contribution in [0.25, 0.3) is 11.3 Å². The molecule has 2 amide bonds. The van der Waals surface area contributed by atoms with Gasteiger partial charge >= 0.3 is 5.97 Å². The minimum atomic E-state index is -0.475. The molecular weight excluding hydrogens is 528 g/mol. The van der Waals surface area contributed by atoms with Gasteiger partial charge in [-0.1, -0.05) is 66.7 Å². The second kappa shape index (κ2) is 12.5. The Morgan fingerprint density at radius 3 is 2.17 bits per heavy atom. The van der Waals surface area contributed by atoms with E-state index < -0.39 is 5.97 Å². The molecule has 1 aliphatic rings. The summed E-state index contributed by atoms with van der Waals surface area (Å²) >= 11 is 0. The van der Waals surface area contributed by atoms with Gasteiger partial charge in [-0.25, -0.2) is 4.79 Å². The van der Waals surface area contributed by atoms with Gasteiger partial charge in [-0.2, -0.15) is 0 Å². The predicted molar refractivity (Wildman–Crippen MR) is 166 cm³/mol. The van der Waals surface area contributed by atoms with Crippen molar-refractivity contribution in [3.05, 3.63) is 125 Å². The van der Waals surface area contributed by atoms with Gasteiger partial charge in [0.25, 0.3) is 5.91 Å². The number of rotatable bonds is 9. The first-order valence-electron chi connectivity index (χ1n) is 13.5. The lowest BCUT2D eigenvalue weighted by Gasteiger charge is -2.22. The van der Waals surface area contributed by atoms with Gasteiger partial charge in [-0.05, 0) is 54.6 Å². The summed E-state index contributed by atoms with van der Waals surface area (Å²) in [6.07, 6.45) is 0. The van der Waals surface area contributed by atoms with Crippen LogP contribution in [0.4, 0.5) is 17.1 Å². The van der Waals surface area contributed by atoms with E-state index >= 15 is 0 Å². The number of benzene rings is 4. The van der Waals surface area contributed by atoms with Crippen LogP contribution in [-0.2, 0) is 20.9 Å². The monoisotopic (exact) mass is 560 g/mol. The number of likely N-dealkylation sites (N-methyl/N-ethyl adjacent to an activating group) is 2. The first kappa shape index (κ1) is 28.3. The fourth-order valence-corrected chi connectivity index (χ4v) is 4.89. The molecule has 0 radical (unpaired) electrons. The third-order valence-electron chi connectivity index (χ3n) is 7.10. The average molecular weight is 561 g/mol. The van der Waals surface area contributed by atoms with Crippen LogP contribution in [0.5, 0.6) is 0 Å². The van der Waals surface area contributed by atoms with Crippen molar-refractivity contribution in [2.45, 2.75) is 6.54 Å². The Morgan fingerprint density at radius 2 is 1.50 bits per heavy atom. The van der Waals surface area contributed by atoms with Gasteiger partial charge in [0.2, 0.25) is 5.91 Å². The molecule has 8 nitrogen and oxygen atoms in total. The molecule has 0 aliphatic carbocycles. The van der Waals surface area contributed by atoms with Crippen LogP contribution in [0.3, 0.4) is 0 Å². The summed E-state index contributed by atoms with van der Waals surface area (Å²) < 4.78 is 4.83. The molecule has 5 rings (SSSR count). The third-order valence-corrected chi connectivity index (χ3v) is 7.10. The molecule has 0 unspecified atom stereocenters. The zero-order chi connectivity index (χ0) is 29.6. The number of fused-ring (bicyclic) bond motifs is 1. The minimum absolute atomic E-state index is 0.0215. The number of carbonyl (C=O) groups is 3. The van der Waals surface area contributed by atoms with Gasteiger partial charge < -0.3 is 20.3 Å². The van der Waals surface area contributed by atoms with E-state index in [1.54, 1.807) is 30.1 Å². The topological polar surface area (TPSA) is 91.0 Å². The van der Waals surface area contributed by atoms with E-state index in [2.05, 4.69) is 10.6 Å². The molecule has 0 atom stereocenters. The quantitative estimate of drug-likeness (QED) is 0.208. The number of esters is 1. The predicted octanol–water partition coefficient (Wildman–Crippen LogP) is 5.50. The molecule has 2 N–H and O–H groups in total. The maximum atomic E-state index is 13.2. The summed E-state index contributed by atoms with van der Waals surface area (Å²) in [4.78, 5) is 41.9. The molecule has 42 heavy (non-hydrogen) atoms. The first-order valence-corrected chi connectivity index (χ1v) is 13.5. The number of nitrogens with one attached hydrogen (secondary N) is 2. The van der Waals surface area contributed by atoms with Gasteiger partial charge in [-0.15, -0.1) is 0 Å². The van der Waals surface area contributed by atoms with E-state index in [1.165, 1.54) is 7.11 Å². The highest BCUT2D eigenvalue weighted by atomic mass is 16.5. The molecule has 1 aliphatic heterocycles. The lowest BCUT2D eigenvalue weighted by atomic mass is 9.99. The molecule has 4 aromatic rings. The lowest BCUT2D eigenvalue weighted by molar-refractivity contribution is -0.119. The van der Waals surface area contributed by atoms with Crippen molar-refractivity contribution in [1.82, 2.24) is 4.90 Å². The number of carbonyl (C=O) groups excluding carboxylic acids is 3. The Hall–Kier alpha value is -5.21. The average Bonchev–Trinajstić information content (AvgIpc) is 3.34. The van der Waals surface area contributed by atoms with Crippen molar-refractivity contribution < 1.29 is 19.1 Å². The highest BCUT2D eigenvalue weighted by Crippen LogP contribution is 2.38. The maximum absolute atomic E-state index is 13.2. The molecule has 4 aromatic carbocycles. The number of nitrogens with zero attached hydrogens (tertiary/aromatic N) is 2. The fourth-order valence-electron chi connectivity index (χ4n) is 4.89. The van der Waals surface area contributed by atoms with Crippen LogP contribution in [-0.4, -0.2) is 50.4 Å². The zero-order valence-electron chi connectivity index (χ0n) is 23.8. The van der Waals surface area contributed by atoms with E-state index in [4.69, 9.17) is 4.74 Å². The summed E-state index contributed by atoms with van der Waals surface area (Å²) in [7, 11) is 5.01. The van der Waals surface area contributed by atoms with E-state index in [-0.39, 0.29) is 18.4 Å². The molecule has 0 saturated carbocycles. The Labute approximate surface area is 245 Å². The van der Waals surface area contributed by atoms with Crippen LogP contribution in [0.1, 0.15) is 27.0 Å². The molecule has 0 fully saturated rings. The number of amides is 2. The molecule has 8 heteroatoms. The SMILES string of the molecule is COC(=O)c1ccc2c(c1)NC(=O)/C2=C(\Nc1ccc(N(C)C(=O)CN(C)Cc2ccccc2)cc1)c1ccccc1. The number of anilines is 3. The second-order valence-electron chi connectivity index (χ2n) is 10.1. The summed E-state index contributed by atoms with van der Waals surface area (Å²) in [5.41, 5.74) is 6.14. The Morgan fingerprint density at radius 1 is 0.833 bits per heavy atom. The Kier molecular flexibility index (Phi) is 8.45. The van der Waals surface area contributed by atoms with E-state index in [0.29, 0.717) is 34.6 Å². The van der Waals surface area contributed by atoms with E-state index in [9.17, 15) is 14.4 Å². The standard InChI is InChI=1S/C34H32N4O4/c1-37(21-23-10-6-4-7-11-23)22-30(39)38(2)27-17-15-26(16-18-27)35-32(24-12-8-5-9-13-24)31-28-19-14-25(34(41)42-3)20-29(28)36-33(31)40/h4-20,35H,21-22H2,1-3H3,(H,36,40)/b32-31-. The number of hydrogen-bond donors (Lipinski definition) is 2. The van der Waals surface area contributed by atoms with Crippen molar-refractivity contribution in [3.63, 3.8) is 0 Å². The van der Waals surface area contributed by atoms with E-state index in [1.807, 2.05) is 96.9 Å². The Bertz CT molecular complexity index is 1630. The highest BCUT2D eigenvalue weighted by molar-refractivity contribution is 6.37. The van der Waals surface area contributed by atoms with Crippen molar-refractivity contribution in [2.24, 2.45) is 0 Å². The summed E-state index contributed by atoms with van der Waals surface area (Å²) in [6.45, 7) is 0.961. The lowest BCUT2D eigenvalue weighted by Crippen LogP contribution is -2.36.